The van der Waals surface area contributed by atoms with Crippen LogP contribution in [0, 0.1) is 12.8 Å². The van der Waals surface area contributed by atoms with Crippen LogP contribution >= 0.6 is 0 Å². The Morgan fingerprint density at radius 2 is 2.26 bits per heavy atom. The van der Waals surface area contributed by atoms with Gasteiger partial charge in [0.1, 0.15) is 5.82 Å². The van der Waals surface area contributed by atoms with Gasteiger partial charge in [-0.2, -0.15) is 0 Å². The van der Waals surface area contributed by atoms with Gasteiger partial charge < -0.3 is 9.30 Å². The summed E-state index contributed by atoms with van der Waals surface area (Å²) in [6.07, 6.45) is 6.55. The number of nitrogens with zero attached hydrogens (tertiary/aromatic N) is 3. The zero-order valence-electron chi connectivity index (χ0n) is 12.1. The first-order chi connectivity index (χ1) is 9.13. The summed E-state index contributed by atoms with van der Waals surface area (Å²) in [5, 5.41) is 0. The molecule has 2 aromatic heterocycles. The minimum atomic E-state index is 0.671. The number of fused-ring (bicyclic) bond motifs is 1. The van der Waals surface area contributed by atoms with E-state index in [9.17, 15) is 0 Å². The lowest BCUT2D eigenvalue weighted by atomic mass is 10.0. The van der Waals surface area contributed by atoms with Gasteiger partial charge in [-0.15, -0.1) is 0 Å². The van der Waals surface area contributed by atoms with Gasteiger partial charge in [-0.25, -0.2) is 4.98 Å². The molecule has 0 saturated carbocycles. The molecule has 1 aliphatic heterocycles. The van der Waals surface area contributed by atoms with Gasteiger partial charge in [-0.3, -0.25) is 0 Å². The van der Waals surface area contributed by atoms with Gasteiger partial charge in [0.05, 0.1) is 11.7 Å². The van der Waals surface area contributed by atoms with Gasteiger partial charge >= 0.3 is 0 Å². The standard InChI is InChI=1S/C16H23N3/c1-12(2)18-6-5-14(11-18)9-16-17-10-15-8-13(3)4-7-19(15)16/h4,7-8,10,12,14H,5-6,9,11H2,1-3H3. The summed E-state index contributed by atoms with van der Waals surface area (Å²) in [4.78, 5) is 7.19. The molecule has 3 heterocycles. The molecule has 1 aliphatic rings. The minimum absolute atomic E-state index is 0.671. The molecular weight excluding hydrogens is 234 g/mol. The van der Waals surface area contributed by atoms with Crippen molar-refractivity contribution in [3.05, 3.63) is 35.9 Å². The third-order valence-electron chi connectivity index (χ3n) is 4.28. The Labute approximate surface area is 115 Å². The van der Waals surface area contributed by atoms with Crippen molar-refractivity contribution in [2.75, 3.05) is 13.1 Å². The predicted octanol–water partition coefficient (Wildman–Crippen LogP) is 2.92. The Hall–Kier alpha value is -1.35. The third kappa shape index (κ3) is 2.52. The van der Waals surface area contributed by atoms with Crippen LogP contribution in [0.2, 0.25) is 0 Å². The fraction of sp³-hybridized carbons (Fsp3) is 0.562. The van der Waals surface area contributed by atoms with E-state index in [0.29, 0.717) is 6.04 Å². The highest BCUT2D eigenvalue weighted by Gasteiger charge is 2.25. The monoisotopic (exact) mass is 257 g/mol. The highest BCUT2D eigenvalue weighted by atomic mass is 15.2. The minimum Gasteiger partial charge on any atom is -0.304 e. The second kappa shape index (κ2) is 4.97. The van der Waals surface area contributed by atoms with Crippen LogP contribution in [0.5, 0.6) is 0 Å². The van der Waals surface area contributed by atoms with Crippen molar-refractivity contribution in [3.8, 4) is 0 Å². The molecule has 0 radical (unpaired) electrons. The first-order valence-corrected chi connectivity index (χ1v) is 7.30. The van der Waals surface area contributed by atoms with E-state index in [-0.39, 0.29) is 0 Å². The number of rotatable bonds is 3. The Balaban J connectivity index is 1.76. The van der Waals surface area contributed by atoms with E-state index in [1.54, 1.807) is 0 Å². The normalized spacial score (nSPS) is 20.7. The smallest absolute Gasteiger partial charge is 0.113 e. The zero-order chi connectivity index (χ0) is 13.4. The van der Waals surface area contributed by atoms with Crippen LogP contribution in [0.3, 0.4) is 0 Å². The number of likely N-dealkylation sites (tertiary alicyclic amines) is 1. The predicted molar refractivity (Wildman–Crippen MR) is 78.4 cm³/mol. The molecule has 0 aliphatic carbocycles. The number of aromatic nitrogens is 2. The van der Waals surface area contributed by atoms with E-state index in [0.717, 1.165) is 12.3 Å². The fourth-order valence-electron chi connectivity index (χ4n) is 3.07. The molecule has 102 valence electrons. The van der Waals surface area contributed by atoms with Crippen LogP contribution in [-0.4, -0.2) is 33.4 Å². The Kier molecular flexibility index (Phi) is 3.31. The molecule has 0 bridgehead atoms. The Bertz CT molecular complexity index is 570. The molecular formula is C16H23N3. The van der Waals surface area contributed by atoms with Crippen molar-refractivity contribution in [1.29, 1.82) is 0 Å². The van der Waals surface area contributed by atoms with E-state index in [1.807, 2.05) is 6.20 Å². The summed E-state index contributed by atoms with van der Waals surface area (Å²) >= 11 is 0. The van der Waals surface area contributed by atoms with E-state index >= 15 is 0 Å². The van der Waals surface area contributed by atoms with Crippen LogP contribution in [0.15, 0.2) is 24.5 Å². The summed E-state index contributed by atoms with van der Waals surface area (Å²) in [6, 6.07) is 5.03. The molecule has 2 aromatic rings. The largest absolute Gasteiger partial charge is 0.304 e. The van der Waals surface area contributed by atoms with Crippen LogP contribution in [0.25, 0.3) is 5.52 Å². The lowest BCUT2D eigenvalue weighted by Gasteiger charge is -2.20. The van der Waals surface area contributed by atoms with E-state index in [2.05, 4.69) is 53.4 Å². The van der Waals surface area contributed by atoms with Crippen molar-refractivity contribution in [2.45, 2.75) is 39.7 Å². The van der Waals surface area contributed by atoms with Crippen molar-refractivity contribution < 1.29 is 0 Å². The molecule has 3 rings (SSSR count). The van der Waals surface area contributed by atoms with Crippen molar-refractivity contribution >= 4 is 5.52 Å². The topological polar surface area (TPSA) is 20.5 Å². The average Bonchev–Trinajstić information content (AvgIpc) is 2.97. The molecule has 3 nitrogen and oxygen atoms in total. The molecule has 1 atom stereocenters. The van der Waals surface area contributed by atoms with Gasteiger partial charge in [0.2, 0.25) is 0 Å². The van der Waals surface area contributed by atoms with Crippen molar-refractivity contribution in [3.63, 3.8) is 0 Å². The number of pyridine rings is 1. The van der Waals surface area contributed by atoms with Crippen LogP contribution in [-0.2, 0) is 6.42 Å². The first kappa shape index (κ1) is 12.7. The van der Waals surface area contributed by atoms with Gasteiger partial charge in [-0.1, -0.05) is 0 Å². The fourth-order valence-corrected chi connectivity index (χ4v) is 3.07. The summed E-state index contributed by atoms with van der Waals surface area (Å²) in [5.41, 5.74) is 2.51. The quantitative estimate of drug-likeness (QED) is 0.842. The summed E-state index contributed by atoms with van der Waals surface area (Å²) in [5.74, 6) is 1.97. The molecule has 1 saturated heterocycles. The molecule has 0 spiro atoms. The van der Waals surface area contributed by atoms with Crippen molar-refractivity contribution in [2.24, 2.45) is 5.92 Å². The molecule has 1 fully saturated rings. The van der Waals surface area contributed by atoms with Crippen molar-refractivity contribution in [1.82, 2.24) is 14.3 Å². The SMILES string of the molecule is Cc1ccn2c(CC3CCN(C(C)C)C3)ncc2c1. The lowest BCUT2D eigenvalue weighted by Crippen LogP contribution is -2.28. The maximum Gasteiger partial charge on any atom is 0.113 e. The van der Waals surface area contributed by atoms with Gasteiger partial charge in [0.25, 0.3) is 0 Å². The van der Waals surface area contributed by atoms with Gasteiger partial charge in [-0.05, 0) is 57.4 Å². The average molecular weight is 257 g/mol. The zero-order valence-corrected chi connectivity index (χ0v) is 12.1. The highest BCUT2D eigenvalue weighted by molar-refractivity contribution is 5.48. The van der Waals surface area contributed by atoms with Crippen LogP contribution < -0.4 is 0 Å². The van der Waals surface area contributed by atoms with Gasteiger partial charge in [0.15, 0.2) is 0 Å². The van der Waals surface area contributed by atoms with Gasteiger partial charge in [0, 0.05) is 25.2 Å². The molecule has 3 heteroatoms. The second-order valence-electron chi connectivity index (χ2n) is 6.12. The summed E-state index contributed by atoms with van der Waals surface area (Å²) in [6.45, 7) is 9.17. The number of hydrogen-bond acceptors (Lipinski definition) is 2. The van der Waals surface area contributed by atoms with Crippen LogP contribution in [0.1, 0.15) is 31.7 Å². The molecule has 1 unspecified atom stereocenters. The lowest BCUT2D eigenvalue weighted by molar-refractivity contribution is 0.264. The highest BCUT2D eigenvalue weighted by Crippen LogP contribution is 2.22. The maximum atomic E-state index is 4.61. The van der Waals surface area contributed by atoms with E-state index in [1.165, 1.54) is 36.4 Å². The molecule has 0 aromatic carbocycles. The maximum absolute atomic E-state index is 4.61. The Morgan fingerprint density at radius 1 is 1.42 bits per heavy atom. The van der Waals surface area contributed by atoms with Crippen LogP contribution in [0.4, 0.5) is 0 Å². The number of imidazole rings is 1. The summed E-state index contributed by atoms with van der Waals surface area (Å²) < 4.78 is 2.24. The Morgan fingerprint density at radius 3 is 3.00 bits per heavy atom. The summed E-state index contributed by atoms with van der Waals surface area (Å²) in [7, 11) is 0. The molecule has 0 amide bonds. The first-order valence-electron chi connectivity index (χ1n) is 7.30. The third-order valence-corrected chi connectivity index (χ3v) is 4.28. The van der Waals surface area contributed by atoms with E-state index < -0.39 is 0 Å². The molecule has 0 N–H and O–H groups in total. The molecule has 19 heavy (non-hydrogen) atoms. The number of aryl methyl sites for hydroxylation is 1. The number of hydrogen-bond donors (Lipinski definition) is 0. The van der Waals surface area contributed by atoms with E-state index in [4.69, 9.17) is 0 Å². The second-order valence-corrected chi connectivity index (χ2v) is 6.12.